The fourth-order valence-corrected chi connectivity index (χ4v) is 4.79. The van der Waals surface area contributed by atoms with Gasteiger partial charge in [0.2, 0.25) is 0 Å². The Kier molecular flexibility index (Phi) is 8.22. The van der Waals surface area contributed by atoms with E-state index in [0.29, 0.717) is 34.9 Å². The molecule has 0 atom stereocenters. The number of hydrogen-bond donors (Lipinski definition) is 1. The van der Waals surface area contributed by atoms with Gasteiger partial charge in [-0.15, -0.1) is 11.3 Å². The summed E-state index contributed by atoms with van der Waals surface area (Å²) in [6, 6.07) is 6.32. The summed E-state index contributed by atoms with van der Waals surface area (Å²) < 4.78 is 5.12. The van der Waals surface area contributed by atoms with Crippen LogP contribution in [0.1, 0.15) is 33.3 Å². The number of aryl methyl sites for hydroxylation is 1. The molecule has 1 aliphatic heterocycles. The molecule has 1 amide bonds. The number of amides is 1. The molecule has 0 saturated carbocycles. The van der Waals surface area contributed by atoms with Gasteiger partial charge in [0.25, 0.3) is 11.6 Å². The molecule has 0 unspecified atom stereocenters. The number of carbonyl (C=O) groups is 2. The molecule has 1 N–H and O–H groups in total. The number of esters is 1. The number of benzene rings is 1. The van der Waals surface area contributed by atoms with Gasteiger partial charge in [-0.05, 0) is 45.5 Å². The largest absolute Gasteiger partial charge is 0.462 e. The number of carbonyl (C=O) groups excluding carboxylic acids is 2. The van der Waals surface area contributed by atoms with Crippen LogP contribution in [0.2, 0.25) is 0 Å². The van der Waals surface area contributed by atoms with E-state index in [1.165, 1.54) is 29.5 Å². The van der Waals surface area contributed by atoms with Crippen LogP contribution < -0.4 is 10.2 Å². The van der Waals surface area contributed by atoms with Gasteiger partial charge in [-0.3, -0.25) is 14.9 Å². The van der Waals surface area contributed by atoms with Crippen molar-refractivity contribution in [1.29, 1.82) is 5.26 Å². The number of hydrogen-bond acceptors (Lipinski definition) is 9. The van der Waals surface area contributed by atoms with Gasteiger partial charge in [-0.2, -0.15) is 5.26 Å². The van der Waals surface area contributed by atoms with E-state index < -0.39 is 16.8 Å². The number of nitro benzene ring substituents is 1. The lowest BCUT2D eigenvalue weighted by Gasteiger charge is -2.34. The van der Waals surface area contributed by atoms with Crippen LogP contribution in [-0.4, -0.2) is 61.5 Å². The highest BCUT2D eigenvalue weighted by atomic mass is 32.1. The summed E-state index contributed by atoms with van der Waals surface area (Å²) in [6.45, 7) is 8.52. The lowest BCUT2D eigenvalue weighted by molar-refractivity contribution is -0.384. The van der Waals surface area contributed by atoms with Crippen LogP contribution in [0, 0.1) is 35.3 Å². The lowest BCUT2D eigenvalue weighted by Crippen LogP contribution is -2.44. The number of ether oxygens (including phenoxy) is 1. The van der Waals surface area contributed by atoms with Crippen LogP contribution in [0.4, 0.5) is 16.4 Å². The third-order valence-electron chi connectivity index (χ3n) is 5.82. The van der Waals surface area contributed by atoms with E-state index >= 15 is 0 Å². The molecule has 1 fully saturated rings. The first-order valence-electron chi connectivity index (χ1n) is 11.1. The van der Waals surface area contributed by atoms with Crippen molar-refractivity contribution in [3.05, 3.63) is 55.5 Å². The van der Waals surface area contributed by atoms with E-state index in [1.54, 1.807) is 19.9 Å². The fraction of sp³-hybridized carbons (Fsp3) is 0.375. The van der Waals surface area contributed by atoms with Crippen LogP contribution in [0.3, 0.4) is 0 Å². The second kappa shape index (κ2) is 11.1. The number of thiophene rings is 1. The molecule has 0 aliphatic carbocycles. The first-order chi connectivity index (χ1) is 16.7. The Hall–Kier alpha value is -3.75. The monoisotopic (exact) mass is 497 g/mol. The van der Waals surface area contributed by atoms with E-state index in [9.17, 15) is 25.0 Å². The van der Waals surface area contributed by atoms with Crippen LogP contribution in [-0.2, 0) is 9.53 Å². The predicted molar refractivity (Wildman–Crippen MR) is 135 cm³/mol. The Morgan fingerprint density at radius 3 is 2.57 bits per heavy atom. The van der Waals surface area contributed by atoms with Crippen molar-refractivity contribution in [1.82, 2.24) is 4.90 Å². The number of nitro groups is 1. The minimum Gasteiger partial charge on any atom is -0.462 e. The van der Waals surface area contributed by atoms with Crippen molar-refractivity contribution < 1.29 is 19.2 Å². The molecular formula is C24H27N5O5S. The van der Waals surface area contributed by atoms with Crippen molar-refractivity contribution in [3.8, 4) is 6.07 Å². The highest BCUT2D eigenvalue weighted by Crippen LogP contribution is 2.34. The molecular weight excluding hydrogens is 470 g/mol. The van der Waals surface area contributed by atoms with Gasteiger partial charge in [0.15, 0.2) is 0 Å². The van der Waals surface area contributed by atoms with Crippen molar-refractivity contribution in [3.63, 3.8) is 0 Å². The summed E-state index contributed by atoms with van der Waals surface area (Å²) in [6.07, 6.45) is 1.35. The topological polar surface area (TPSA) is 129 Å². The predicted octanol–water partition coefficient (Wildman–Crippen LogP) is 3.75. The molecule has 0 radical (unpaired) electrons. The number of rotatable bonds is 7. The Morgan fingerprint density at radius 2 is 1.97 bits per heavy atom. The minimum atomic E-state index is -0.713. The first-order valence-corrected chi connectivity index (χ1v) is 11.9. The molecule has 1 aromatic heterocycles. The third-order valence-corrected chi connectivity index (χ3v) is 6.95. The van der Waals surface area contributed by atoms with Crippen LogP contribution >= 0.6 is 11.3 Å². The molecule has 0 bridgehead atoms. The van der Waals surface area contributed by atoms with Crippen molar-refractivity contribution in [2.75, 3.05) is 50.1 Å². The zero-order chi connectivity index (χ0) is 25.7. The number of piperazine rings is 1. The third kappa shape index (κ3) is 5.85. The second-order valence-electron chi connectivity index (χ2n) is 8.12. The van der Waals surface area contributed by atoms with Crippen molar-refractivity contribution in [2.24, 2.45) is 0 Å². The number of anilines is 2. The molecule has 3 rings (SSSR count). The number of nitriles is 1. The Morgan fingerprint density at radius 1 is 1.29 bits per heavy atom. The SMILES string of the molecule is CCOC(=O)c1c(NC(=O)/C(C#N)=C\c2cc([N+](=O)[O-])ccc2N2CCN(C)CC2)sc(C)c1C. The summed E-state index contributed by atoms with van der Waals surface area (Å²) in [7, 11) is 2.02. The van der Waals surface area contributed by atoms with E-state index in [2.05, 4.69) is 15.1 Å². The highest BCUT2D eigenvalue weighted by molar-refractivity contribution is 7.16. The molecule has 2 heterocycles. The minimum absolute atomic E-state index is 0.138. The van der Waals surface area contributed by atoms with E-state index in [4.69, 9.17) is 4.74 Å². The molecule has 1 saturated heterocycles. The number of likely N-dealkylation sites (N-methyl/N-ethyl adjacent to an activating group) is 1. The van der Waals surface area contributed by atoms with Crippen LogP contribution in [0.5, 0.6) is 0 Å². The van der Waals surface area contributed by atoms with Gasteiger partial charge in [0, 0.05) is 54.4 Å². The summed E-state index contributed by atoms with van der Waals surface area (Å²) in [4.78, 5) is 41.4. The van der Waals surface area contributed by atoms with Crippen molar-refractivity contribution in [2.45, 2.75) is 20.8 Å². The summed E-state index contributed by atoms with van der Waals surface area (Å²) in [5.41, 5.74) is 1.69. The number of non-ortho nitro benzene ring substituents is 1. The van der Waals surface area contributed by atoms with Crippen LogP contribution in [0.15, 0.2) is 23.8 Å². The van der Waals surface area contributed by atoms with Gasteiger partial charge >= 0.3 is 5.97 Å². The molecule has 1 aromatic carbocycles. The molecule has 35 heavy (non-hydrogen) atoms. The summed E-state index contributed by atoms with van der Waals surface area (Å²) in [5.74, 6) is -1.27. The average Bonchev–Trinajstić information content (AvgIpc) is 3.10. The average molecular weight is 498 g/mol. The Bertz CT molecular complexity index is 1220. The highest BCUT2D eigenvalue weighted by Gasteiger charge is 2.24. The maximum absolute atomic E-state index is 13.0. The number of nitrogens with zero attached hydrogens (tertiary/aromatic N) is 4. The maximum atomic E-state index is 13.0. The standard InChI is InChI=1S/C24H27N5O5S/c1-5-34-24(31)21-15(2)16(3)35-23(21)26-22(30)18(14-25)12-17-13-19(29(32)33)6-7-20(17)28-10-8-27(4)9-11-28/h6-7,12-13H,5,8-11H2,1-4H3,(H,26,30)/b18-12-. The zero-order valence-electron chi connectivity index (χ0n) is 20.1. The quantitative estimate of drug-likeness (QED) is 0.201. The van der Waals surface area contributed by atoms with Gasteiger partial charge in [-0.1, -0.05) is 0 Å². The normalized spacial score (nSPS) is 14.4. The van der Waals surface area contributed by atoms with Gasteiger partial charge < -0.3 is 19.9 Å². The maximum Gasteiger partial charge on any atom is 0.341 e. The molecule has 10 nitrogen and oxygen atoms in total. The zero-order valence-corrected chi connectivity index (χ0v) is 20.9. The summed E-state index contributed by atoms with van der Waals surface area (Å²) in [5, 5.41) is 24.1. The first kappa shape index (κ1) is 25.9. The van der Waals surface area contributed by atoms with Gasteiger partial charge in [-0.25, -0.2) is 4.79 Å². The van der Waals surface area contributed by atoms with E-state index in [-0.39, 0.29) is 23.4 Å². The molecule has 0 spiro atoms. The second-order valence-corrected chi connectivity index (χ2v) is 9.35. The fourth-order valence-electron chi connectivity index (χ4n) is 3.75. The molecule has 1 aliphatic rings. The van der Waals surface area contributed by atoms with E-state index in [1.807, 2.05) is 20.0 Å². The van der Waals surface area contributed by atoms with Crippen LogP contribution in [0.25, 0.3) is 6.08 Å². The van der Waals surface area contributed by atoms with E-state index in [0.717, 1.165) is 18.0 Å². The smallest absolute Gasteiger partial charge is 0.341 e. The van der Waals surface area contributed by atoms with Crippen molar-refractivity contribution >= 4 is 45.7 Å². The van der Waals surface area contributed by atoms with Gasteiger partial charge in [0.05, 0.1) is 17.1 Å². The molecule has 11 heteroatoms. The lowest BCUT2D eigenvalue weighted by atomic mass is 10.1. The Labute approximate surface area is 207 Å². The molecule has 2 aromatic rings. The molecule has 184 valence electrons. The van der Waals surface area contributed by atoms with Gasteiger partial charge in [0.1, 0.15) is 16.6 Å². The Balaban J connectivity index is 1.98. The summed E-state index contributed by atoms with van der Waals surface area (Å²) >= 11 is 1.22. The number of nitrogens with one attached hydrogen (secondary N) is 1.